The number of carboxylic acids is 2. The van der Waals surface area contributed by atoms with Crippen LogP contribution in [0.2, 0.25) is 0 Å². The van der Waals surface area contributed by atoms with Crippen molar-refractivity contribution >= 4 is 11.9 Å². The molecular weight excluding hydrogens is 162 g/mol. The second-order valence-corrected chi connectivity index (χ2v) is 3.33. The molecule has 66 valence electrons. The molecule has 0 spiro atoms. The van der Waals surface area contributed by atoms with Crippen LogP contribution in [0.1, 0.15) is 0 Å². The summed E-state index contributed by atoms with van der Waals surface area (Å²) in [7, 11) is 0. The van der Waals surface area contributed by atoms with Gasteiger partial charge in [0.15, 0.2) is 0 Å². The van der Waals surface area contributed by atoms with Crippen LogP contribution in [0.3, 0.4) is 0 Å². The number of carbonyl (C=O) groups is 2. The van der Waals surface area contributed by atoms with Crippen molar-refractivity contribution in [2.24, 2.45) is 17.8 Å². The van der Waals surface area contributed by atoms with E-state index in [-0.39, 0.29) is 11.8 Å². The Morgan fingerprint density at radius 1 is 1.25 bits per heavy atom. The lowest BCUT2D eigenvalue weighted by Gasteiger charge is -2.08. The molecule has 2 rings (SSSR count). The molecule has 5 nitrogen and oxygen atoms in total. The number of piperidine rings is 1. The average molecular weight is 171 g/mol. The second kappa shape index (κ2) is 2.20. The highest BCUT2D eigenvalue weighted by Crippen LogP contribution is 2.51. The average Bonchev–Trinajstić information content (AvgIpc) is 2.52. The maximum atomic E-state index is 10.6. The summed E-state index contributed by atoms with van der Waals surface area (Å²) < 4.78 is 0. The highest BCUT2D eigenvalue weighted by molar-refractivity contribution is 5.81. The molecule has 2 aliphatic rings. The minimum Gasteiger partial charge on any atom is -0.481 e. The van der Waals surface area contributed by atoms with Gasteiger partial charge in [-0.3, -0.25) is 9.59 Å². The Labute approximate surface area is 68.4 Å². The molecule has 4 atom stereocenters. The van der Waals surface area contributed by atoms with Crippen molar-refractivity contribution in [1.82, 2.24) is 5.32 Å². The first-order chi connectivity index (χ1) is 5.63. The van der Waals surface area contributed by atoms with Crippen molar-refractivity contribution in [3.8, 4) is 0 Å². The van der Waals surface area contributed by atoms with E-state index in [0.29, 0.717) is 6.54 Å². The van der Waals surface area contributed by atoms with Gasteiger partial charge in [0.2, 0.25) is 0 Å². The van der Waals surface area contributed by atoms with Crippen molar-refractivity contribution in [3.63, 3.8) is 0 Å². The first-order valence-electron chi connectivity index (χ1n) is 3.82. The summed E-state index contributed by atoms with van der Waals surface area (Å²) in [6.07, 6.45) is 0. The molecule has 0 aromatic rings. The summed E-state index contributed by atoms with van der Waals surface area (Å²) in [5.74, 6) is -2.36. The Morgan fingerprint density at radius 3 is 2.33 bits per heavy atom. The first kappa shape index (κ1) is 7.54. The summed E-state index contributed by atoms with van der Waals surface area (Å²) >= 11 is 0. The van der Waals surface area contributed by atoms with Crippen LogP contribution >= 0.6 is 0 Å². The first-order valence-corrected chi connectivity index (χ1v) is 3.82. The van der Waals surface area contributed by atoms with Gasteiger partial charge in [-0.2, -0.15) is 0 Å². The second-order valence-electron chi connectivity index (χ2n) is 3.33. The molecule has 3 N–H and O–H groups in total. The molecule has 0 amide bonds. The number of fused-ring (bicyclic) bond motifs is 1. The molecule has 1 saturated heterocycles. The van der Waals surface area contributed by atoms with Gasteiger partial charge in [0.05, 0.1) is 5.92 Å². The highest BCUT2D eigenvalue weighted by atomic mass is 16.4. The van der Waals surface area contributed by atoms with Gasteiger partial charge >= 0.3 is 11.9 Å². The molecule has 0 aromatic heterocycles. The number of hydrogen-bond donors (Lipinski definition) is 3. The summed E-state index contributed by atoms with van der Waals surface area (Å²) in [6.45, 7) is 0.526. The third kappa shape index (κ3) is 0.828. The molecule has 1 aliphatic carbocycles. The Hall–Kier alpha value is -1.10. The smallest absolute Gasteiger partial charge is 0.321 e. The van der Waals surface area contributed by atoms with Crippen LogP contribution in [-0.4, -0.2) is 34.7 Å². The normalized spacial score (nSPS) is 43.7. The zero-order chi connectivity index (χ0) is 8.88. The quantitative estimate of drug-likeness (QED) is 0.495. The predicted octanol–water partition coefficient (Wildman–Crippen LogP) is -1.01. The summed E-state index contributed by atoms with van der Waals surface area (Å²) in [5, 5.41) is 20.1. The number of aliphatic carboxylic acids is 2. The summed E-state index contributed by atoms with van der Waals surface area (Å²) in [5.41, 5.74) is 0. The highest BCUT2D eigenvalue weighted by Gasteiger charge is 2.63. The van der Waals surface area contributed by atoms with Crippen molar-refractivity contribution in [3.05, 3.63) is 0 Å². The molecule has 2 fully saturated rings. The Balaban J connectivity index is 2.07. The Bertz CT molecular complexity index is 252. The molecular formula is C7H9NO4. The van der Waals surface area contributed by atoms with E-state index in [1.807, 2.05) is 0 Å². The van der Waals surface area contributed by atoms with Crippen molar-refractivity contribution in [2.45, 2.75) is 6.04 Å². The fourth-order valence-corrected chi connectivity index (χ4v) is 2.12. The van der Waals surface area contributed by atoms with E-state index >= 15 is 0 Å². The van der Waals surface area contributed by atoms with Crippen LogP contribution in [0.5, 0.6) is 0 Å². The van der Waals surface area contributed by atoms with E-state index in [2.05, 4.69) is 5.32 Å². The van der Waals surface area contributed by atoms with E-state index in [0.717, 1.165) is 0 Å². The molecule has 0 radical (unpaired) electrons. The molecule has 1 heterocycles. The number of carboxylic acid groups (broad SMARTS) is 2. The summed E-state index contributed by atoms with van der Waals surface area (Å²) in [6, 6.07) is -0.643. The fraction of sp³-hybridized carbons (Fsp3) is 0.714. The molecule has 12 heavy (non-hydrogen) atoms. The topological polar surface area (TPSA) is 86.6 Å². The predicted molar refractivity (Wildman–Crippen MR) is 37.5 cm³/mol. The monoisotopic (exact) mass is 171 g/mol. The molecule has 1 saturated carbocycles. The third-order valence-corrected chi connectivity index (χ3v) is 2.74. The standard InChI is InChI=1S/C7H9NO4/c9-6(10)4-2-1-8-5(3(2)4)7(11)12/h2-5,8H,1H2,(H,9,10)(H,11,12)/t2?,3?,4-,5-/m0/s1. The van der Waals surface area contributed by atoms with E-state index in [1.165, 1.54) is 0 Å². The molecule has 2 unspecified atom stereocenters. The SMILES string of the molecule is O=C(O)[C@H]1C2CN[C@H](C(=O)O)C21. The summed E-state index contributed by atoms with van der Waals surface area (Å²) in [4.78, 5) is 21.1. The number of nitrogens with one attached hydrogen (secondary N) is 1. The van der Waals surface area contributed by atoms with Crippen LogP contribution in [0, 0.1) is 17.8 Å². The van der Waals surface area contributed by atoms with Gasteiger partial charge in [-0.25, -0.2) is 0 Å². The van der Waals surface area contributed by atoms with E-state index in [4.69, 9.17) is 10.2 Å². The van der Waals surface area contributed by atoms with E-state index in [1.54, 1.807) is 0 Å². The largest absolute Gasteiger partial charge is 0.481 e. The molecule has 0 bridgehead atoms. The van der Waals surface area contributed by atoms with Gasteiger partial charge in [0, 0.05) is 5.92 Å². The van der Waals surface area contributed by atoms with Gasteiger partial charge in [-0.1, -0.05) is 0 Å². The van der Waals surface area contributed by atoms with Gasteiger partial charge in [0.25, 0.3) is 0 Å². The van der Waals surface area contributed by atoms with Gasteiger partial charge in [-0.15, -0.1) is 0 Å². The number of rotatable bonds is 2. The minimum absolute atomic E-state index is 0.0450. The van der Waals surface area contributed by atoms with Crippen LogP contribution in [0.4, 0.5) is 0 Å². The Morgan fingerprint density at radius 2 is 1.92 bits per heavy atom. The molecule has 1 aliphatic heterocycles. The van der Waals surface area contributed by atoms with Crippen LogP contribution in [-0.2, 0) is 9.59 Å². The Kier molecular flexibility index (Phi) is 1.38. The maximum Gasteiger partial charge on any atom is 0.321 e. The minimum atomic E-state index is -0.939. The van der Waals surface area contributed by atoms with Crippen molar-refractivity contribution < 1.29 is 19.8 Å². The third-order valence-electron chi connectivity index (χ3n) is 2.74. The zero-order valence-corrected chi connectivity index (χ0v) is 6.23. The van der Waals surface area contributed by atoms with Crippen LogP contribution < -0.4 is 5.32 Å². The van der Waals surface area contributed by atoms with Crippen molar-refractivity contribution in [1.29, 1.82) is 0 Å². The van der Waals surface area contributed by atoms with Gasteiger partial charge in [0.1, 0.15) is 6.04 Å². The molecule has 5 heteroatoms. The molecule has 0 aromatic carbocycles. The van der Waals surface area contributed by atoms with Crippen LogP contribution in [0.25, 0.3) is 0 Å². The lowest BCUT2D eigenvalue weighted by Crippen LogP contribution is -2.36. The zero-order valence-electron chi connectivity index (χ0n) is 6.23. The fourth-order valence-electron chi connectivity index (χ4n) is 2.12. The number of hydrogen-bond acceptors (Lipinski definition) is 3. The lowest BCUT2D eigenvalue weighted by atomic mass is 10.1. The van der Waals surface area contributed by atoms with Gasteiger partial charge in [-0.05, 0) is 12.5 Å². The van der Waals surface area contributed by atoms with Crippen LogP contribution in [0.15, 0.2) is 0 Å². The maximum absolute atomic E-state index is 10.6. The van der Waals surface area contributed by atoms with E-state index in [9.17, 15) is 9.59 Å². The van der Waals surface area contributed by atoms with Crippen molar-refractivity contribution in [2.75, 3.05) is 6.54 Å². The van der Waals surface area contributed by atoms with Gasteiger partial charge < -0.3 is 15.5 Å². The lowest BCUT2D eigenvalue weighted by molar-refractivity contribution is -0.141. The van der Waals surface area contributed by atoms with E-state index < -0.39 is 23.9 Å².